The van der Waals surface area contributed by atoms with Gasteiger partial charge >= 0.3 is 0 Å². The van der Waals surface area contributed by atoms with Crippen molar-refractivity contribution in [1.29, 1.82) is 0 Å². The Bertz CT molecular complexity index is 921. The van der Waals surface area contributed by atoms with E-state index in [9.17, 15) is 4.79 Å². The molecule has 0 aliphatic heterocycles. The molecular formula is C22H21NO3S. The van der Waals surface area contributed by atoms with Crippen molar-refractivity contribution in [2.24, 2.45) is 0 Å². The summed E-state index contributed by atoms with van der Waals surface area (Å²) in [5.74, 6) is 1.82. The smallest absolute Gasteiger partial charge is 0.259 e. The molecule has 3 aromatic carbocycles. The lowest BCUT2D eigenvalue weighted by atomic mass is 10.2. The second-order valence-electron chi connectivity index (χ2n) is 5.96. The van der Waals surface area contributed by atoms with Gasteiger partial charge in [-0.2, -0.15) is 0 Å². The number of thioether (sulfide) groups is 1. The Morgan fingerprint density at radius 1 is 0.926 bits per heavy atom. The van der Waals surface area contributed by atoms with Gasteiger partial charge in [0.25, 0.3) is 5.91 Å². The van der Waals surface area contributed by atoms with Gasteiger partial charge in [0.15, 0.2) is 0 Å². The molecule has 0 saturated carbocycles. The molecule has 5 heteroatoms. The lowest BCUT2D eigenvalue weighted by Crippen LogP contribution is -2.13. The zero-order chi connectivity index (χ0) is 19.2. The fourth-order valence-corrected chi connectivity index (χ4v) is 2.96. The number of nitrogens with one attached hydrogen (secondary N) is 1. The van der Waals surface area contributed by atoms with E-state index in [1.54, 1.807) is 24.9 Å². The highest BCUT2D eigenvalue weighted by Gasteiger charge is 2.13. The minimum Gasteiger partial charge on any atom is -0.496 e. The molecule has 27 heavy (non-hydrogen) atoms. The lowest BCUT2D eigenvalue weighted by molar-refractivity contribution is 0.102. The second-order valence-corrected chi connectivity index (χ2v) is 6.84. The minimum atomic E-state index is -0.216. The van der Waals surface area contributed by atoms with Crippen LogP contribution in [-0.4, -0.2) is 19.3 Å². The van der Waals surface area contributed by atoms with Crippen molar-refractivity contribution in [3.8, 4) is 17.2 Å². The van der Waals surface area contributed by atoms with Crippen LogP contribution in [0, 0.1) is 6.92 Å². The molecule has 4 nitrogen and oxygen atoms in total. The highest BCUT2D eigenvalue weighted by Crippen LogP contribution is 2.27. The maximum absolute atomic E-state index is 12.6. The van der Waals surface area contributed by atoms with Crippen molar-refractivity contribution in [2.75, 3.05) is 18.7 Å². The number of carbonyl (C=O) groups excluding carboxylic acids is 1. The Hall–Kier alpha value is -2.92. The highest BCUT2D eigenvalue weighted by atomic mass is 32.2. The summed E-state index contributed by atoms with van der Waals surface area (Å²) in [6, 6.07) is 20.7. The van der Waals surface area contributed by atoms with E-state index in [2.05, 4.69) is 5.32 Å². The highest BCUT2D eigenvalue weighted by molar-refractivity contribution is 7.98. The predicted octanol–water partition coefficient (Wildman–Crippen LogP) is 5.77. The summed E-state index contributed by atoms with van der Waals surface area (Å²) in [5.41, 5.74) is 2.36. The van der Waals surface area contributed by atoms with Gasteiger partial charge in [-0.3, -0.25) is 4.79 Å². The molecule has 1 amide bonds. The van der Waals surface area contributed by atoms with E-state index < -0.39 is 0 Å². The Morgan fingerprint density at radius 3 is 2.15 bits per heavy atom. The first kappa shape index (κ1) is 18.9. The SMILES string of the molecule is COc1cc(SC)ccc1C(=O)Nc1ccc(Oc2ccc(C)cc2)cc1. The molecule has 0 saturated heterocycles. The Balaban J connectivity index is 1.69. The predicted molar refractivity (Wildman–Crippen MR) is 110 cm³/mol. The number of aryl methyl sites for hydroxylation is 1. The fourth-order valence-electron chi connectivity index (χ4n) is 2.53. The molecule has 138 valence electrons. The van der Waals surface area contributed by atoms with Crippen LogP contribution in [0.5, 0.6) is 17.2 Å². The largest absolute Gasteiger partial charge is 0.496 e. The maximum Gasteiger partial charge on any atom is 0.259 e. The summed E-state index contributed by atoms with van der Waals surface area (Å²) in [5, 5.41) is 2.89. The monoisotopic (exact) mass is 379 g/mol. The molecule has 0 fully saturated rings. The molecule has 1 N–H and O–H groups in total. The van der Waals surface area contributed by atoms with Crippen LogP contribution >= 0.6 is 11.8 Å². The average Bonchev–Trinajstić information content (AvgIpc) is 2.70. The fraction of sp³-hybridized carbons (Fsp3) is 0.136. The van der Waals surface area contributed by atoms with Gasteiger partial charge in [0.1, 0.15) is 17.2 Å². The number of ether oxygens (including phenoxy) is 2. The molecule has 0 aliphatic carbocycles. The van der Waals surface area contributed by atoms with E-state index in [1.165, 1.54) is 5.56 Å². The summed E-state index contributed by atoms with van der Waals surface area (Å²) in [7, 11) is 1.56. The molecule has 0 radical (unpaired) electrons. The average molecular weight is 379 g/mol. The topological polar surface area (TPSA) is 47.6 Å². The molecule has 0 unspecified atom stereocenters. The van der Waals surface area contributed by atoms with Gasteiger partial charge in [-0.25, -0.2) is 0 Å². The summed E-state index contributed by atoms with van der Waals surface area (Å²) in [4.78, 5) is 13.6. The standard InChI is InChI=1S/C22H21NO3S/c1-15-4-8-17(9-5-15)26-18-10-6-16(7-11-18)23-22(24)20-13-12-19(27-3)14-21(20)25-2/h4-14H,1-3H3,(H,23,24). The first-order valence-electron chi connectivity index (χ1n) is 8.47. The van der Waals surface area contributed by atoms with E-state index in [1.807, 2.05) is 73.8 Å². The van der Waals surface area contributed by atoms with E-state index >= 15 is 0 Å². The molecular weight excluding hydrogens is 358 g/mol. The molecule has 3 rings (SSSR count). The lowest BCUT2D eigenvalue weighted by Gasteiger charge is -2.11. The third kappa shape index (κ3) is 4.83. The number of hydrogen-bond acceptors (Lipinski definition) is 4. The molecule has 3 aromatic rings. The summed E-state index contributed by atoms with van der Waals surface area (Å²) in [6.45, 7) is 2.03. The van der Waals surface area contributed by atoms with E-state index in [-0.39, 0.29) is 5.91 Å². The number of anilines is 1. The van der Waals surface area contributed by atoms with E-state index in [0.717, 1.165) is 10.6 Å². The van der Waals surface area contributed by atoms with Gasteiger partial charge in [-0.05, 0) is 67.8 Å². The maximum atomic E-state index is 12.6. The Morgan fingerprint density at radius 2 is 1.56 bits per heavy atom. The van der Waals surface area contributed by atoms with Crippen LogP contribution in [0.2, 0.25) is 0 Å². The van der Waals surface area contributed by atoms with Crippen molar-refractivity contribution >= 4 is 23.4 Å². The van der Waals surface area contributed by atoms with Gasteiger partial charge in [0.2, 0.25) is 0 Å². The van der Waals surface area contributed by atoms with E-state index in [4.69, 9.17) is 9.47 Å². The first-order chi connectivity index (χ1) is 13.1. The minimum absolute atomic E-state index is 0.216. The molecule has 0 atom stereocenters. The van der Waals surface area contributed by atoms with Gasteiger partial charge in [-0.15, -0.1) is 11.8 Å². The van der Waals surface area contributed by atoms with Crippen LogP contribution in [0.25, 0.3) is 0 Å². The van der Waals surface area contributed by atoms with Crippen LogP contribution in [0.3, 0.4) is 0 Å². The van der Waals surface area contributed by atoms with Gasteiger partial charge in [0, 0.05) is 10.6 Å². The first-order valence-corrected chi connectivity index (χ1v) is 9.69. The van der Waals surface area contributed by atoms with Crippen LogP contribution in [0.1, 0.15) is 15.9 Å². The third-order valence-electron chi connectivity index (χ3n) is 4.02. The normalized spacial score (nSPS) is 10.3. The summed E-state index contributed by atoms with van der Waals surface area (Å²) in [6.07, 6.45) is 1.98. The molecule has 0 bridgehead atoms. The van der Waals surface area contributed by atoms with Crippen LogP contribution in [0.4, 0.5) is 5.69 Å². The third-order valence-corrected chi connectivity index (χ3v) is 4.75. The van der Waals surface area contributed by atoms with Crippen molar-refractivity contribution in [3.05, 3.63) is 77.9 Å². The van der Waals surface area contributed by atoms with Crippen LogP contribution in [-0.2, 0) is 0 Å². The summed E-state index contributed by atoms with van der Waals surface area (Å²) >= 11 is 1.60. The Kier molecular flexibility index (Phi) is 6.04. The van der Waals surface area contributed by atoms with Crippen molar-refractivity contribution in [1.82, 2.24) is 0 Å². The molecule has 0 aromatic heterocycles. The zero-order valence-corrected chi connectivity index (χ0v) is 16.3. The molecule has 0 spiro atoms. The van der Waals surface area contributed by atoms with Gasteiger partial charge in [-0.1, -0.05) is 17.7 Å². The number of methoxy groups -OCH3 is 1. The number of benzene rings is 3. The number of carbonyl (C=O) groups is 1. The quantitative estimate of drug-likeness (QED) is 0.552. The van der Waals surface area contributed by atoms with Crippen molar-refractivity contribution < 1.29 is 14.3 Å². The van der Waals surface area contributed by atoms with Crippen LogP contribution in [0.15, 0.2) is 71.6 Å². The number of amides is 1. The van der Waals surface area contributed by atoms with Crippen LogP contribution < -0.4 is 14.8 Å². The van der Waals surface area contributed by atoms with Gasteiger partial charge < -0.3 is 14.8 Å². The molecule has 0 aliphatic rings. The number of hydrogen-bond donors (Lipinski definition) is 1. The van der Waals surface area contributed by atoms with Crippen molar-refractivity contribution in [3.63, 3.8) is 0 Å². The number of rotatable bonds is 6. The van der Waals surface area contributed by atoms with E-state index in [0.29, 0.717) is 22.7 Å². The molecule has 0 heterocycles. The summed E-state index contributed by atoms with van der Waals surface area (Å²) < 4.78 is 11.2. The zero-order valence-electron chi connectivity index (χ0n) is 15.5. The van der Waals surface area contributed by atoms with Crippen molar-refractivity contribution in [2.45, 2.75) is 11.8 Å². The Labute approximate surface area is 163 Å². The van der Waals surface area contributed by atoms with Gasteiger partial charge in [0.05, 0.1) is 12.7 Å². The second kappa shape index (κ2) is 8.64.